The number of nitrogens with two attached hydrogens (primary N) is 1. The molecule has 0 spiro atoms. The van der Waals surface area contributed by atoms with Crippen molar-refractivity contribution in [3.05, 3.63) is 71.3 Å². The minimum Gasteiger partial charge on any atom is -0.326 e. The van der Waals surface area contributed by atoms with Gasteiger partial charge in [0.2, 0.25) is 0 Å². The Balaban J connectivity index is 2.06. The van der Waals surface area contributed by atoms with Gasteiger partial charge in [0.15, 0.2) is 0 Å². The predicted molar refractivity (Wildman–Crippen MR) is 109 cm³/mol. The van der Waals surface area contributed by atoms with Crippen LogP contribution in [-0.2, 0) is 0 Å². The number of benzene rings is 2. The van der Waals surface area contributed by atoms with Gasteiger partial charge in [-0.2, -0.15) is 0 Å². The summed E-state index contributed by atoms with van der Waals surface area (Å²) in [4.78, 5) is 0. The van der Waals surface area contributed by atoms with Crippen molar-refractivity contribution in [3.63, 3.8) is 0 Å². The van der Waals surface area contributed by atoms with Gasteiger partial charge < -0.3 is 11.1 Å². The molecule has 0 radical (unpaired) electrons. The Morgan fingerprint density at radius 3 is 1.74 bits per heavy atom. The maximum Gasteiger partial charge on any atom is 0.123 e. The van der Waals surface area contributed by atoms with Crippen LogP contribution in [0.3, 0.4) is 0 Å². The summed E-state index contributed by atoms with van der Waals surface area (Å²) in [7, 11) is 1.97. The molecule has 2 unspecified atom stereocenters. The summed E-state index contributed by atoms with van der Waals surface area (Å²) >= 11 is 0. The van der Waals surface area contributed by atoms with E-state index in [2.05, 4.69) is 19.2 Å². The molecule has 0 heterocycles. The number of halogens is 2. The second-order valence-corrected chi connectivity index (χ2v) is 7.78. The summed E-state index contributed by atoms with van der Waals surface area (Å²) in [5.41, 5.74) is 8.51. The van der Waals surface area contributed by atoms with Gasteiger partial charge >= 0.3 is 0 Å². The normalized spacial score (nSPS) is 13.9. The highest BCUT2D eigenvalue weighted by molar-refractivity contribution is 5.32. The van der Waals surface area contributed by atoms with E-state index in [-0.39, 0.29) is 23.6 Å². The number of hydrogen-bond donors (Lipinski definition) is 2. The first-order valence-corrected chi connectivity index (χ1v) is 9.84. The molecule has 2 rings (SSSR count). The van der Waals surface area contributed by atoms with E-state index in [4.69, 9.17) is 5.73 Å². The Morgan fingerprint density at radius 1 is 0.852 bits per heavy atom. The molecular weight excluding hydrogens is 342 g/mol. The molecule has 4 heteroatoms. The highest BCUT2D eigenvalue weighted by Crippen LogP contribution is 2.30. The third-order valence-electron chi connectivity index (χ3n) is 5.19. The van der Waals surface area contributed by atoms with Crippen LogP contribution < -0.4 is 11.1 Å². The van der Waals surface area contributed by atoms with Crippen LogP contribution in [0.25, 0.3) is 0 Å². The molecule has 3 N–H and O–H groups in total. The van der Waals surface area contributed by atoms with Gasteiger partial charge in [0.25, 0.3) is 0 Å². The van der Waals surface area contributed by atoms with Crippen LogP contribution >= 0.6 is 0 Å². The average Bonchev–Trinajstić information content (AvgIpc) is 2.65. The molecule has 2 aromatic carbocycles. The Hall–Kier alpha value is -1.78. The number of rotatable bonds is 10. The summed E-state index contributed by atoms with van der Waals surface area (Å²) in [6.45, 7) is 4.41. The van der Waals surface area contributed by atoms with Crippen LogP contribution in [0.2, 0.25) is 0 Å². The molecule has 0 aliphatic carbocycles. The lowest BCUT2D eigenvalue weighted by atomic mass is 9.85. The first-order valence-electron chi connectivity index (χ1n) is 9.84. The van der Waals surface area contributed by atoms with E-state index in [1.807, 2.05) is 31.3 Å². The van der Waals surface area contributed by atoms with Gasteiger partial charge in [-0.05, 0) is 67.6 Å². The molecule has 0 fully saturated rings. The van der Waals surface area contributed by atoms with Crippen molar-refractivity contribution in [1.29, 1.82) is 0 Å². The lowest BCUT2D eigenvalue weighted by Crippen LogP contribution is -2.44. The third kappa shape index (κ3) is 6.71. The van der Waals surface area contributed by atoms with Gasteiger partial charge in [-0.25, -0.2) is 8.78 Å². The summed E-state index contributed by atoms with van der Waals surface area (Å²) in [6, 6.07) is 13.6. The third-order valence-corrected chi connectivity index (χ3v) is 5.19. The van der Waals surface area contributed by atoms with E-state index in [0.29, 0.717) is 12.0 Å². The molecule has 2 atom stereocenters. The maximum absolute atomic E-state index is 13.3. The van der Waals surface area contributed by atoms with E-state index in [1.54, 1.807) is 0 Å². The van der Waals surface area contributed by atoms with Crippen LogP contribution in [-0.4, -0.2) is 19.1 Å². The quantitative estimate of drug-likeness (QED) is 0.598. The highest BCUT2D eigenvalue weighted by Gasteiger charge is 2.19. The van der Waals surface area contributed by atoms with Gasteiger partial charge in [-0.3, -0.25) is 0 Å². The van der Waals surface area contributed by atoms with Crippen LogP contribution in [0.4, 0.5) is 8.78 Å². The number of nitrogens with one attached hydrogen (secondary N) is 1. The fourth-order valence-corrected chi connectivity index (χ4v) is 3.69. The average molecular weight is 375 g/mol. The minimum absolute atomic E-state index is 0.0967. The molecule has 0 bridgehead atoms. The minimum atomic E-state index is -0.246. The second-order valence-electron chi connectivity index (χ2n) is 7.78. The molecular formula is C23H32F2N2. The van der Waals surface area contributed by atoms with E-state index in [1.165, 1.54) is 24.3 Å². The summed E-state index contributed by atoms with van der Waals surface area (Å²) < 4.78 is 26.6. The van der Waals surface area contributed by atoms with Gasteiger partial charge in [0.1, 0.15) is 11.6 Å². The van der Waals surface area contributed by atoms with Crippen molar-refractivity contribution in [2.45, 2.75) is 57.5 Å². The molecule has 2 aromatic rings. The second kappa shape index (κ2) is 10.5. The van der Waals surface area contributed by atoms with E-state index in [9.17, 15) is 8.78 Å². The Labute approximate surface area is 162 Å². The van der Waals surface area contributed by atoms with E-state index < -0.39 is 0 Å². The predicted octanol–water partition coefficient (Wildman–Crippen LogP) is 5.23. The Bertz CT molecular complexity index is 622. The number of likely N-dealkylation sites (N-methyl/N-ethyl adjacent to an activating group) is 1. The van der Waals surface area contributed by atoms with Crippen molar-refractivity contribution in [3.8, 4) is 0 Å². The Kier molecular flexibility index (Phi) is 8.39. The first-order chi connectivity index (χ1) is 12.9. The van der Waals surface area contributed by atoms with Gasteiger partial charge in [-0.15, -0.1) is 0 Å². The van der Waals surface area contributed by atoms with Crippen LogP contribution in [0, 0.1) is 17.6 Å². The van der Waals surface area contributed by atoms with Crippen molar-refractivity contribution >= 4 is 0 Å². The van der Waals surface area contributed by atoms with Crippen LogP contribution in [0.5, 0.6) is 0 Å². The van der Waals surface area contributed by atoms with E-state index in [0.717, 1.165) is 36.8 Å². The molecule has 0 saturated carbocycles. The summed E-state index contributed by atoms with van der Waals surface area (Å²) in [5, 5.41) is 3.34. The lowest BCUT2D eigenvalue weighted by molar-refractivity contribution is 0.361. The van der Waals surface area contributed by atoms with Crippen molar-refractivity contribution < 1.29 is 8.78 Å². The van der Waals surface area contributed by atoms with Crippen molar-refractivity contribution in [2.75, 3.05) is 7.05 Å². The zero-order valence-corrected chi connectivity index (χ0v) is 16.6. The number of hydrogen-bond acceptors (Lipinski definition) is 2. The molecule has 0 aromatic heterocycles. The standard InChI is InChI=1S/C23H32F2N2/c1-16(2)15-23(27-3)22(26)6-4-5-21(17-7-11-19(24)12-8-17)18-9-13-20(25)14-10-18/h7-14,16,21-23,27H,4-6,15,26H2,1-3H3. The topological polar surface area (TPSA) is 38.0 Å². The Morgan fingerprint density at radius 2 is 1.33 bits per heavy atom. The molecule has 0 saturated heterocycles. The SMILES string of the molecule is CNC(CC(C)C)C(N)CCCC(c1ccc(F)cc1)c1ccc(F)cc1. The molecule has 0 amide bonds. The fourth-order valence-electron chi connectivity index (χ4n) is 3.69. The maximum atomic E-state index is 13.3. The largest absolute Gasteiger partial charge is 0.326 e. The fraction of sp³-hybridized carbons (Fsp3) is 0.478. The monoisotopic (exact) mass is 374 g/mol. The van der Waals surface area contributed by atoms with Gasteiger partial charge in [0, 0.05) is 18.0 Å². The lowest BCUT2D eigenvalue weighted by Gasteiger charge is -2.26. The van der Waals surface area contributed by atoms with Crippen LogP contribution in [0.1, 0.15) is 56.6 Å². The van der Waals surface area contributed by atoms with E-state index >= 15 is 0 Å². The van der Waals surface area contributed by atoms with Crippen molar-refractivity contribution in [2.24, 2.45) is 11.7 Å². The summed E-state index contributed by atoms with van der Waals surface area (Å²) in [6.07, 6.45) is 3.81. The zero-order chi connectivity index (χ0) is 19.8. The molecule has 27 heavy (non-hydrogen) atoms. The van der Waals surface area contributed by atoms with Crippen LogP contribution in [0.15, 0.2) is 48.5 Å². The molecule has 148 valence electrons. The van der Waals surface area contributed by atoms with Gasteiger partial charge in [-0.1, -0.05) is 44.5 Å². The molecule has 0 aliphatic rings. The molecule has 0 aliphatic heterocycles. The summed E-state index contributed by atoms with van der Waals surface area (Å²) in [5.74, 6) is 0.213. The van der Waals surface area contributed by atoms with Crippen molar-refractivity contribution in [1.82, 2.24) is 5.32 Å². The highest BCUT2D eigenvalue weighted by atomic mass is 19.1. The first kappa shape index (κ1) is 21.5. The molecule has 2 nitrogen and oxygen atoms in total. The smallest absolute Gasteiger partial charge is 0.123 e. The van der Waals surface area contributed by atoms with Gasteiger partial charge in [0.05, 0.1) is 0 Å². The zero-order valence-electron chi connectivity index (χ0n) is 16.6.